The van der Waals surface area contributed by atoms with Crippen molar-refractivity contribution in [2.75, 3.05) is 13.1 Å². The van der Waals surface area contributed by atoms with Gasteiger partial charge in [-0.2, -0.15) is 4.39 Å². The molecule has 0 amide bonds. The van der Waals surface area contributed by atoms with Gasteiger partial charge in [-0.05, 0) is 19.4 Å². The minimum atomic E-state index is -0.800. The van der Waals surface area contributed by atoms with Gasteiger partial charge in [-0.3, -0.25) is 10.1 Å². The number of nitrogens with zero attached hydrogens (tertiary/aromatic N) is 1. The summed E-state index contributed by atoms with van der Waals surface area (Å²) in [6, 6.07) is 4.14. The van der Waals surface area contributed by atoms with Gasteiger partial charge in [0.2, 0.25) is 5.82 Å². The maximum atomic E-state index is 13.7. The molecular weight excluding hydrogens is 239 g/mol. The highest BCUT2D eigenvalue weighted by molar-refractivity contribution is 5.36. The van der Waals surface area contributed by atoms with Crippen molar-refractivity contribution < 1.29 is 14.1 Å². The van der Waals surface area contributed by atoms with Crippen LogP contribution in [0.15, 0.2) is 18.2 Å². The summed E-state index contributed by atoms with van der Waals surface area (Å²) in [5, 5.41) is 13.8. The Morgan fingerprint density at radius 3 is 3.06 bits per heavy atom. The van der Waals surface area contributed by atoms with E-state index in [-0.39, 0.29) is 18.3 Å². The molecule has 0 spiro atoms. The lowest BCUT2D eigenvalue weighted by molar-refractivity contribution is -0.387. The smallest absolute Gasteiger partial charge is 0.305 e. The molecule has 1 aliphatic rings. The summed E-state index contributed by atoms with van der Waals surface area (Å²) >= 11 is 0. The van der Waals surface area contributed by atoms with Gasteiger partial charge in [-0.1, -0.05) is 12.1 Å². The van der Waals surface area contributed by atoms with E-state index < -0.39 is 16.4 Å². The second kappa shape index (κ2) is 5.88. The van der Waals surface area contributed by atoms with Crippen molar-refractivity contribution in [3.8, 4) is 0 Å². The van der Waals surface area contributed by atoms with Crippen LogP contribution in [0.1, 0.15) is 18.4 Å². The number of hydrogen-bond donors (Lipinski definition) is 1. The fourth-order valence-corrected chi connectivity index (χ4v) is 1.99. The van der Waals surface area contributed by atoms with E-state index in [1.54, 1.807) is 0 Å². The van der Waals surface area contributed by atoms with Gasteiger partial charge in [0.15, 0.2) is 0 Å². The van der Waals surface area contributed by atoms with Gasteiger partial charge in [0.1, 0.15) is 0 Å². The van der Waals surface area contributed by atoms with Crippen LogP contribution in [-0.4, -0.2) is 24.1 Å². The molecule has 1 unspecified atom stereocenters. The van der Waals surface area contributed by atoms with E-state index >= 15 is 0 Å². The SMILES string of the molecule is O=[N+]([O-])c1cccc(COC2CCCNC2)c1F. The van der Waals surface area contributed by atoms with Gasteiger partial charge in [0.05, 0.1) is 17.6 Å². The molecule has 0 aromatic heterocycles. The van der Waals surface area contributed by atoms with Crippen LogP contribution in [0, 0.1) is 15.9 Å². The first-order valence-corrected chi connectivity index (χ1v) is 5.92. The maximum Gasteiger partial charge on any atom is 0.305 e. The molecule has 6 heteroatoms. The normalized spacial score (nSPS) is 19.7. The molecule has 1 aromatic carbocycles. The molecule has 18 heavy (non-hydrogen) atoms. The largest absolute Gasteiger partial charge is 0.372 e. The quantitative estimate of drug-likeness (QED) is 0.659. The number of benzene rings is 1. The maximum absolute atomic E-state index is 13.7. The zero-order valence-electron chi connectivity index (χ0n) is 9.89. The summed E-state index contributed by atoms with van der Waals surface area (Å²) in [4.78, 5) is 9.87. The van der Waals surface area contributed by atoms with E-state index in [4.69, 9.17) is 4.74 Å². The predicted molar refractivity (Wildman–Crippen MR) is 63.7 cm³/mol. The first-order valence-electron chi connectivity index (χ1n) is 5.92. The molecule has 0 saturated carbocycles. The molecular formula is C12H15FN2O3. The number of hydrogen-bond acceptors (Lipinski definition) is 4. The minimum absolute atomic E-state index is 0.0532. The monoisotopic (exact) mass is 254 g/mol. The number of piperidine rings is 1. The summed E-state index contributed by atoms with van der Waals surface area (Å²) < 4.78 is 19.3. The first-order chi connectivity index (χ1) is 8.68. The van der Waals surface area contributed by atoms with Gasteiger partial charge in [0, 0.05) is 18.2 Å². The molecule has 1 N–H and O–H groups in total. The van der Waals surface area contributed by atoms with Crippen LogP contribution < -0.4 is 5.32 Å². The number of nitro benzene ring substituents is 1. The van der Waals surface area contributed by atoms with E-state index in [2.05, 4.69) is 5.32 Å². The molecule has 1 aromatic rings. The van der Waals surface area contributed by atoms with Crippen LogP contribution >= 0.6 is 0 Å². The molecule has 0 radical (unpaired) electrons. The fraction of sp³-hybridized carbons (Fsp3) is 0.500. The van der Waals surface area contributed by atoms with Gasteiger partial charge in [0.25, 0.3) is 0 Å². The molecule has 5 nitrogen and oxygen atoms in total. The molecule has 2 rings (SSSR count). The Balaban J connectivity index is 2.00. The second-order valence-electron chi connectivity index (χ2n) is 4.29. The highest BCUT2D eigenvalue weighted by atomic mass is 19.1. The average Bonchev–Trinajstić information content (AvgIpc) is 2.38. The van der Waals surface area contributed by atoms with Gasteiger partial charge in [-0.15, -0.1) is 0 Å². The number of halogens is 1. The summed E-state index contributed by atoms with van der Waals surface area (Å²) in [7, 11) is 0. The summed E-state index contributed by atoms with van der Waals surface area (Å²) in [6.45, 7) is 1.79. The van der Waals surface area contributed by atoms with Crippen LogP contribution in [-0.2, 0) is 11.3 Å². The molecule has 0 aliphatic carbocycles. The van der Waals surface area contributed by atoms with E-state index in [9.17, 15) is 14.5 Å². The van der Waals surface area contributed by atoms with Crippen molar-refractivity contribution in [1.29, 1.82) is 0 Å². The van der Waals surface area contributed by atoms with E-state index in [1.807, 2.05) is 0 Å². The summed E-state index contributed by atoms with van der Waals surface area (Å²) in [5.74, 6) is -0.800. The Labute approximate surface area is 104 Å². The third-order valence-electron chi connectivity index (χ3n) is 2.98. The molecule has 1 fully saturated rings. The molecule has 1 saturated heterocycles. The number of ether oxygens (including phenoxy) is 1. The van der Waals surface area contributed by atoms with Crippen LogP contribution in [0.4, 0.5) is 10.1 Å². The van der Waals surface area contributed by atoms with Crippen LogP contribution in [0.25, 0.3) is 0 Å². The predicted octanol–water partition coefficient (Wildman–Crippen LogP) is 2.00. The molecule has 1 heterocycles. The summed E-state index contributed by atoms with van der Waals surface area (Å²) in [6.07, 6.45) is 2.02. The van der Waals surface area contributed by atoms with Crippen molar-refractivity contribution in [3.63, 3.8) is 0 Å². The van der Waals surface area contributed by atoms with Crippen molar-refractivity contribution in [2.45, 2.75) is 25.6 Å². The lowest BCUT2D eigenvalue weighted by Gasteiger charge is -2.23. The van der Waals surface area contributed by atoms with Crippen molar-refractivity contribution in [2.24, 2.45) is 0 Å². The zero-order chi connectivity index (χ0) is 13.0. The van der Waals surface area contributed by atoms with Crippen molar-refractivity contribution in [3.05, 3.63) is 39.7 Å². The van der Waals surface area contributed by atoms with Gasteiger partial charge >= 0.3 is 5.69 Å². The van der Waals surface area contributed by atoms with Gasteiger partial charge in [-0.25, -0.2) is 0 Å². The Hall–Kier alpha value is -1.53. The number of rotatable bonds is 4. The molecule has 1 atom stereocenters. The first kappa shape index (κ1) is 12.9. The average molecular weight is 254 g/mol. The molecule has 98 valence electrons. The fourth-order valence-electron chi connectivity index (χ4n) is 1.99. The second-order valence-corrected chi connectivity index (χ2v) is 4.29. The van der Waals surface area contributed by atoms with E-state index in [0.29, 0.717) is 0 Å². The molecule has 1 aliphatic heterocycles. The van der Waals surface area contributed by atoms with Gasteiger partial charge < -0.3 is 10.1 Å². The summed E-state index contributed by atoms with van der Waals surface area (Å²) in [5.41, 5.74) is -0.271. The van der Waals surface area contributed by atoms with E-state index in [1.165, 1.54) is 12.1 Å². The van der Waals surface area contributed by atoms with Crippen LogP contribution in [0.5, 0.6) is 0 Å². The minimum Gasteiger partial charge on any atom is -0.372 e. The number of nitro groups is 1. The highest BCUT2D eigenvalue weighted by Crippen LogP contribution is 2.21. The highest BCUT2D eigenvalue weighted by Gasteiger charge is 2.19. The van der Waals surface area contributed by atoms with Crippen LogP contribution in [0.2, 0.25) is 0 Å². The lowest BCUT2D eigenvalue weighted by Crippen LogP contribution is -2.35. The standard InChI is InChI=1S/C12H15FN2O3/c13-12-9(3-1-5-11(12)15(16)17)8-18-10-4-2-6-14-7-10/h1,3,5,10,14H,2,4,6-8H2. The Morgan fingerprint density at radius 2 is 2.39 bits per heavy atom. The Kier molecular flexibility index (Phi) is 4.22. The van der Waals surface area contributed by atoms with Crippen molar-refractivity contribution >= 4 is 5.69 Å². The third-order valence-corrected chi connectivity index (χ3v) is 2.98. The van der Waals surface area contributed by atoms with Crippen LogP contribution in [0.3, 0.4) is 0 Å². The number of nitrogens with one attached hydrogen (secondary N) is 1. The van der Waals surface area contributed by atoms with Crippen molar-refractivity contribution in [1.82, 2.24) is 5.32 Å². The lowest BCUT2D eigenvalue weighted by atomic mass is 10.1. The topological polar surface area (TPSA) is 64.4 Å². The van der Waals surface area contributed by atoms with E-state index in [0.717, 1.165) is 32.0 Å². The zero-order valence-corrected chi connectivity index (χ0v) is 9.89. The Morgan fingerprint density at radius 1 is 1.56 bits per heavy atom. The third kappa shape index (κ3) is 3.02. The molecule has 0 bridgehead atoms. The Bertz CT molecular complexity index is 433.